The second kappa shape index (κ2) is 7.06. The first-order valence-electron chi connectivity index (χ1n) is 4.79. The van der Waals surface area contributed by atoms with Gasteiger partial charge in [0.25, 0.3) is 0 Å². The van der Waals surface area contributed by atoms with E-state index in [0.29, 0.717) is 17.1 Å². The van der Waals surface area contributed by atoms with Crippen molar-refractivity contribution in [2.75, 3.05) is 18.1 Å². The van der Waals surface area contributed by atoms with E-state index in [1.54, 1.807) is 6.07 Å². The average Bonchev–Trinajstić information content (AvgIpc) is 2.29. The number of hydrogen-bond acceptors (Lipinski definition) is 4. The Balaban J connectivity index is 2.44. The number of rotatable bonds is 6. The zero-order chi connectivity index (χ0) is 12.0. The highest BCUT2D eigenvalue weighted by atomic mass is 79.9. The van der Waals surface area contributed by atoms with Crippen LogP contribution in [0.1, 0.15) is 10.4 Å². The molecule has 1 aromatic carbocycles. The Hall–Kier alpha value is -0.360. The van der Waals surface area contributed by atoms with Crippen LogP contribution in [-0.4, -0.2) is 40.2 Å². The number of carbonyl (C=O) groups is 1. The van der Waals surface area contributed by atoms with Gasteiger partial charge in [0, 0.05) is 15.8 Å². The van der Waals surface area contributed by atoms with Crippen molar-refractivity contribution in [1.82, 2.24) is 0 Å². The van der Waals surface area contributed by atoms with E-state index in [4.69, 9.17) is 10.2 Å². The maximum Gasteiger partial charge on any atom is 0.173 e. The van der Waals surface area contributed by atoms with Crippen LogP contribution in [-0.2, 0) is 0 Å². The second-order valence-corrected chi connectivity index (χ2v) is 5.14. The van der Waals surface area contributed by atoms with Gasteiger partial charge in [-0.25, -0.2) is 0 Å². The van der Waals surface area contributed by atoms with Gasteiger partial charge in [-0.15, -0.1) is 0 Å². The summed E-state index contributed by atoms with van der Waals surface area (Å²) in [6.07, 6.45) is -0.753. The zero-order valence-electron chi connectivity index (χ0n) is 8.60. The highest BCUT2D eigenvalue weighted by Gasteiger charge is 2.10. The van der Waals surface area contributed by atoms with Crippen molar-refractivity contribution >= 4 is 33.5 Å². The van der Waals surface area contributed by atoms with Crippen molar-refractivity contribution in [3.8, 4) is 0 Å². The van der Waals surface area contributed by atoms with Gasteiger partial charge in [0.15, 0.2) is 5.78 Å². The van der Waals surface area contributed by atoms with Crippen LogP contribution in [0.4, 0.5) is 0 Å². The molecule has 0 amide bonds. The first-order valence-corrected chi connectivity index (χ1v) is 6.74. The van der Waals surface area contributed by atoms with Gasteiger partial charge in [-0.2, -0.15) is 11.8 Å². The molecule has 0 radical (unpaired) electrons. The molecule has 3 nitrogen and oxygen atoms in total. The van der Waals surface area contributed by atoms with Gasteiger partial charge in [-0.3, -0.25) is 4.79 Å². The molecule has 0 fully saturated rings. The summed E-state index contributed by atoms with van der Waals surface area (Å²) in [5, 5.41) is 17.7. The van der Waals surface area contributed by atoms with Crippen LogP contribution >= 0.6 is 27.7 Å². The topological polar surface area (TPSA) is 57.5 Å². The van der Waals surface area contributed by atoms with E-state index in [9.17, 15) is 4.79 Å². The van der Waals surface area contributed by atoms with Gasteiger partial charge in [0.2, 0.25) is 0 Å². The number of aliphatic hydroxyl groups is 2. The largest absolute Gasteiger partial charge is 0.394 e. The van der Waals surface area contributed by atoms with Gasteiger partial charge >= 0.3 is 0 Å². The van der Waals surface area contributed by atoms with Gasteiger partial charge in [-0.05, 0) is 6.07 Å². The fourth-order valence-corrected chi connectivity index (χ4v) is 2.45. The van der Waals surface area contributed by atoms with Crippen molar-refractivity contribution in [2.24, 2.45) is 0 Å². The zero-order valence-corrected chi connectivity index (χ0v) is 11.0. The molecule has 88 valence electrons. The SMILES string of the molecule is O=C(CSCC(O)CO)c1ccccc1Br. The van der Waals surface area contributed by atoms with Crippen LogP contribution in [0.5, 0.6) is 0 Å². The Morgan fingerprint density at radius 3 is 2.75 bits per heavy atom. The van der Waals surface area contributed by atoms with E-state index in [1.807, 2.05) is 18.2 Å². The fourth-order valence-electron chi connectivity index (χ4n) is 1.11. The molecule has 5 heteroatoms. The highest BCUT2D eigenvalue weighted by Crippen LogP contribution is 2.18. The van der Waals surface area contributed by atoms with Crippen LogP contribution in [0.3, 0.4) is 0 Å². The molecular weight excluding hydrogens is 292 g/mol. The first-order chi connectivity index (χ1) is 7.65. The van der Waals surface area contributed by atoms with Crippen molar-refractivity contribution < 1.29 is 15.0 Å². The third-order valence-electron chi connectivity index (χ3n) is 1.93. The lowest BCUT2D eigenvalue weighted by Gasteiger charge is -2.06. The standard InChI is InChI=1S/C11H13BrO3S/c12-10-4-2-1-3-9(10)11(15)7-16-6-8(14)5-13/h1-4,8,13-14H,5-7H2. The van der Waals surface area contributed by atoms with Crippen molar-refractivity contribution in [3.63, 3.8) is 0 Å². The highest BCUT2D eigenvalue weighted by molar-refractivity contribution is 9.10. The van der Waals surface area contributed by atoms with Gasteiger partial charge in [0.05, 0.1) is 18.5 Å². The molecule has 2 N–H and O–H groups in total. The molecule has 1 unspecified atom stereocenters. The second-order valence-electron chi connectivity index (χ2n) is 3.25. The Morgan fingerprint density at radius 2 is 2.12 bits per heavy atom. The summed E-state index contributed by atoms with van der Waals surface area (Å²) in [7, 11) is 0. The smallest absolute Gasteiger partial charge is 0.173 e. The molecular formula is C11H13BrO3S. The van der Waals surface area contributed by atoms with Crippen LogP contribution < -0.4 is 0 Å². The molecule has 1 atom stereocenters. The summed E-state index contributed by atoms with van der Waals surface area (Å²) in [6, 6.07) is 7.24. The lowest BCUT2D eigenvalue weighted by molar-refractivity contribution is 0.102. The Bertz CT molecular complexity index is 357. The molecule has 1 rings (SSSR count). The Kier molecular flexibility index (Phi) is 6.05. The van der Waals surface area contributed by atoms with E-state index in [2.05, 4.69) is 15.9 Å². The third-order valence-corrected chi connectivity index (χ3v) is 3.71. The minimum Gasteiger partial charge on any atom is -0.394 e. The summed E-state index contributed by atoms with van der Waals surface area (Å²) in [5.74, 6) is 0.689. The molecule has 0 heterocycles. The van der Waals surface area contributed by atoms with E-state index in [1.165, 1.54) is 11.8 Å². The average molecular weight is 305 g/mol. The fraction of sp³-hybridized carbons (Fsp3) is 0.364. The number of hydrogen-bond donors (Lipinski definition) is 2. The molecule has 16 heavy (non-hydrogen) atoms. The molecule has 0 bridgehead atoms. The molecule has 0 saturated heterocycles. The minimum absolute atomic E-state index is 0.0163. The summed E-state index contributed by atoms with van der Waals surface area (Å²) in [6.45, 7) is -0.268. The number of aliphatic hydroxyl groups excluding tert-OH is 2. The number of thioether (sulfide) groups is 1. The number of halogens is 1. The van der Waals surface area contributed by atoms with Gasteiger partial charge in [0.1, 0.15) is 0 Å². The maximum atomic E-state index is 11.7. The Labute approximate surface area is 107 Å². The van der Waals surface area contributed by atoms with Crippen molar-refractivity contribution in [2.45, 2.75) is 6.10 Å². The predicted molar refractivity (Wildman–Crippen MR) is 68.9 cm³/mol. The first kappa shape index (κ1) is 13.7. The molecule has 0 aromatic heterocycles. The van der Waals surface area contributed by atoms with Crippen LogP contribution in [0.2, 0.25) is 0 Å². The molecule has 0 aliphatic rings. The molecule has 1 aromatic rings. The number of Topliss-reactive ketones (excluding diaryl/α,β-unsaturated/α-hetero) is 1. The molecule has 0 spiro atoms. The van der Waals surface area contributed by atoms with Crippen LogP contribution in [0, 0.1) is 0 Å². The van der Waals surface area contributed by atoms with Gasteiger partial charge in [-0.1, -0.05) is 34.1 Å². The predicted octanol–water partition coefficient (Wildman–Crippen LogP) is 1.72. The summed E-state index contributed by atoms with van der Waals surface area (Å²) < 4.78 is 0.781. The Morgan fingerprint density at radius 1 is 1.44 bits per heavy atom. The molecule has 0 aliphatic carbocycles. The van der Waals surface area contributed by atoms with E-state index in [-0.39, 0.29) is 12.4 Å². The van der Waals surface area contributed by atoms with Gasteiger partial charge < -0.3 is 10.2 Å². The van der Waals surface area contributed by atoms with E-state index < -0.39 is 6.10 Å². The maximum absolute atomic E-state index is 11.7. The summed E-state index contributed by atoms with van der Waals surface area (Å²) >= 11 is 4.63. The van der Waals surface area contributed by atoms with E-state index in [0.717, 1.165) is 4.47 Å². The lowest BCUT2D eigenvalue weighted by atomic mass is 10.1. The third kappa shape index (κ3) is 4.25. The number of benzene rings is 1. The van der Waals surface area contributed by atoms with Crippen molar-refractivity contribution in [1.29, 1.82) is 0 Å². The van der Waals surface area contributed by atoms with Crippen LogP contribution in [0.15, 0.2) is 28.7 Å². The summed E-state index contributed by atoms with van der Waals surface area (Å²) in [5.41, 5.74) is 0.647. The molecule has 0 aliphatic heterocycles. The van der Waals surface area contributed by atoms with Crippen molar-refractivity contribution in [3.05, 3.63) is 34.3 Å². The quantitative estimate of drug-likeness (QED) is 0.786. The monoisotopic (exact) mass is 304 g/mol. The number of carbonyl (C=O) groups excluding carboxylic acids is 1. The van der Waals surface area contributed by atoms with Crippen LogP contribution in [0.25, 0.3) is 0 Å². The normalized spacial score (nSPS) is 12.4. The number of ketones is 1. The van der Waals surface area contributed by atoms with E-state index >= 15 is 0 Å². The summed E-state index contributed by atoms with van der Waals surface area (Å²) in [4.78, 5) is 11.7. The lowest BCUT2D eigenvalue weighted by Crippen LogP contribution is -2.16. The minimum atomic E-state index is -0.753. The molecule has 0 saturated carbocycles.